The fourth-order valence-electron chi connectivity index (χ4n) is 2.61. The van der Waals surface area contributed by atoms with E-state index >= 15 is 0 Å². The van der Waals surface area contributed by atoms with E-state index in [1.165, 1.54) is 11.3 Å². The van der Waals surface area contributed by atoms with Gasteiger partial charge in [0.2, 0.25) is 0 Å². The van der Waals surface area contributed by atoms with Crippen LogP contribution >= 0.6 is 0 Å². The highest BCUT2D eigenvalue weighted by Crippen LogP contribution is 2.29. The first-order valence-electron chi connectivity index (χ1n) is 6.47. The summed E-state index contributed by atoms with van der Waals surface area (Å²) in [7, 11) is 0. The monoisotopic (exact) mass is 256 g/mol. The Kier molecular flexibility index (Phi) is 3.75. The van der Waals surface area contributed by atoms with Crippen molar-refractivity contribution < 1.29 is 19.8 Å². The number of likely N-dealkylation sites (tertiary alicyclic amines) is 1. The number of nitrogens with zero attached hydrogens (tertiary/aromatic N) is 1. The molecule has 0 aromatic carbocycles. The molecule has 0 spiro atoms. The number of carboxylic acids is 1. The summed E-state index contributed by atoms with van der Waals surface area (Å²) < 4.78 is 0. The summed E-state index contributed by atoms with van der Waals surface area (Å²) in [6, 6.07) is -1.22. The number of aliphatic hydroxyl groups is 1. The minimum Gasteiger partial charge on any atom is -0.480 e. The Morgan fingerprint density at radius 1 is 1.39 bits per heavy atom. The SMILES string of the molecule is CC(NC(=O)N1C[C@H](O)C[C@@H]1C(=O)O)C1CCC1. The smallest absolute Gasteiger partial charge is 0.326 e. The maximum Gasteiger partial charge on any atom is 0.326 e. The van der Waals surface area contributed by atoms with Crippen molar-refractivity contribution in [1.29, 1.82) is 0 Å². The largest absolute Gasteiger partial charge is 0.480 e. The molecule has 1 saturated carbocycles. The number of rotatable bonds is 3. The molecule has 3 N–H and O–H groups in total. The molecule has 3 atom stereocenters. The molecule has 2 aliphatic rings. The molecule has 0 aromatic rings. The molecule has 1 aliphatic carbocycles. The normalized spacial score (nSPS) is 29.8. The number of carboxylic acid groups (broad SMARTS) is 1. The van der Waals surface area contributed by atoms with Crippen LogP contribution in [0.2, 0.25) is 0 Å². The first-order chi connectivity index (χ1) is 8.49. The molecule has 6 nitrogen and oxygen atoms in total. The van der Waals surface area contributed by atoms with Crippen LogP contribution in [0.15, 0.2) is 0 Å². The fraction of sp³-hybridized carbons (Fsp3) is 0.833. The summed E-state index contributed by atoms with van der Waals surface area (Å²) in [6.45, 7) is 2.05. The zero-order valence-electron chi connectivity index (χ0n) is 10.5. The second-order valence-corrected chi connectivity index (χ2v) is 5.33. The third kappa shape index (κ3) is 2.58. The Labute approximate surface area is 106 Å². The molecule has 6 heteroatoms. The van der Waals surface area contributed by atoms with Gasteiger partial charge in [0.05, 0.1) is 6.10 Å². The summed E-state index contributed by atoms with van der Waals surface area (Å²) in [5, 5.41) is 21.3. The average Bonchev–Trinajstić information content (AvgIpc) is 2.57. The van der Waals surface area contributed by atoms with E-state index in [4.69, 9.17) is 5.11 Å². The lowest BCUT2D eigenvalue weighted by Crippen LogP contribution is -2.51. The fourth-order valence-corrected chi connectivity index (χ4v) is 2.61. The summed E-state index contributed by atoms with van der Waals surface area (Å²) in [5.41, 5.74) is 0. The number of hydrogen-bond acceptors (Lipinski definition) is 3. The van der Waals surface area contributed by atoms with Crippen LogP contribution in [0.3, 0.4) is 0 Å². The van der Waals surface area contributed by atoms with Gasteiger partial charge in [-0.25, -0.2) is 9.59 Å². The van der Waals surface area contributed by atoms with Gasteiger partial charge in [0, 0.05) is 19.0 Å². The highest BCUT2D eigenvalue weighted by molar-refractivity contribution is 5.83. The molecule has 1 unspecified atom stereocenters. The second-order valence-electron chi connectivity index (χ2n) is 5.33. The summed E-state index contributed by atoms with van der Waals surface area (Å²) in [5.74, 6) is -0.553. The number of carbonyl (C=O) groups is 2. The van der Waals surface area contributed by atoms with Crippen LogP contribution in [0.25, 0.3) is 0 Å². The lowest BCUT2D eigenvalue weighted by Gasteiger charge is -2.33. The van der Waals surface area contributed by atoms with Crippen LogP contribution in [-0.4, -0.2) is 51.8 Å². The van der Waals surface area contributed by atoms with Crippen LogP contribution < -0.4 is 5.32 Å². The van der Waals surface area contributed by atoms with Crippen LogP contribution in [0.1, 0.15) is 32.6 Å². The van der Waals surface area contributed by atoms with E-state index in [9.17, 15) is 14.7 Å². The highest BCUT2D eigenvalue weighted by atomic mass is 16.4. The topological polar surface area (TPSA) is 89.9 Å². The molecule has 0 aromatic heterocycles. The van der Waals surface area contributed by atoms with Gasteiger partial charge < -0.3 is 20.4 Å². The van der Waals surface area contributed by atoms with E-state index in [1.54, 1.807) is 0 Å². The molecular formula is C12H20N2O4. The number of aliphatic hydroxyl groups excluding tert-OH is 1. The van der Waals surface area contributed by atoms with Gasteiger partial charge >= 0.3 is 12.0 Å². The zero-order chi connectivity index (χ0) is 13.3. The number of carbonyl (C=O) groups excluding carboxylic acids is 1. The lowest BCUT2D eigenvalue weighted by atomic mass is 9.80. The minimum atomic E-state index is -1.06. The molecule has 102 valence electrons. The van der Waals surface area contributed by atoms with Crippen molar-refractivity contribution in [2.75, 3.05) is 6.54 Å². The Bertz CT molecular complexity index is 343. The van der Waals surface area contributed by atoms with Crippen molar-refractivity contribution in [3.63, 3.8) is 0 Å². The quantitative estimate of drug-likeness (QED) is 0.682. The average molecular weight is 256 g/mol. The standard InChI is InChI=1S/C12H20N2O4/c1-7(8-3-2-4-8)13-12(18)14-6-9(15)5-10(14)11(16)17/h7-10,15H,2-6H2,1H3,(H,13,18)(H,16,17)/t7?,9-,10-/m1/s1. The van der Waals surface area contributed by atoms with E-state index in [0.29, 0.717) is 5.92 Å². The van der Waals surface area contributed by atoms with Gasteiger partial charge in [-0.05, 0) is 25.7 Å². The highest BCUT2D eigenvalue weighted by Gasteiger charge is 2.39. The van der Waals surface area contributed by atoms with Gasteiger partial charge in [-0.15, -0.1) is 0 Å². The molecule has 2 amide bonds. The van der Waals surface area contributed by atoms with Crippen LogP contribution in [0.4, 0.5) is 4.79 Å². The Hall–Kier alpha value is -1.30. The molecule has 2 fully saturated rings. The van der Waals surface area contributed by atoms with Gasteiger partial charge in [0.1, 0.15) is 6.04 Å². The number of amides is 2. The van der Waals surface area contributed by atoms with E-state index in [-0.39, 0.29) is 25.0 Å². The Morgan fingerprint density at radius 3 is 2.56 bits per heavy atom. The maximum atomic E-state index is 12.0. The zero-order valence-corrected chi connectivity index (χ0v) is 10.5. The lowest BCUT2D eigenvalue weighted by molar-refractivity contribution is -0.141. The minimum absolute atomic E-state index is 0.0680. The third-order valence-corrected chi connectivity index (χ3v) is 4.03. The van der Waals surface area contributed by atoms with Crippen LogP contribution in [0, 0.1) is 5.92 Å². The van der Waals surface area contributed by atoms with Crippen LogP contribution in [-0.2, 0) is 4.79 Å². The van der Waals surface area contributed by atoms with Crippen molar-refractivity contribution in [1.82, 2.24) is 10.2 Å². The molecule has 1 heterocycles. The van der Waals surface area contributed by atoms with Gasteiger partial charge in [-0.2, -0.15) is 0 Å². The number of urea groups is 1. The van der Waals surface area contributed by atoms with Gasteiger partial charge in [-0.1, -0.05) is 6.42 Å². The predicted molar refractivity (Wildman–Crippen MR) is 64.1 cm³/mol. The maximum absolute atomic E-state index is 12.0. The van der Waals surface area contributed by atoms with E-state index in [2.05, 4.69) is 5.32 Å². The predicted octanol–water partition coefficient (Wildman–Crippen LogP) is 0.404. The van der Waals surface area contributed by atoms with Gasteiger partial charge in [-0.3, -0.25) is 0 Å². The number of hydrogen-bond donors (Lipinski definition) is 3. The summed E-state index contributed by atoms with van der Waals surface area (Å²) >= 11 is 0. The molecule has 1 aliphatic heterocycles. The molecule has 18 heavy (non-hydrogen) atoms. The third-order valence-electron chi connectivity index (χ3n) is 4.03. The van der Waals surface area contributed by atoms with Gasteiger partial charge in [0.25, 0.3) is 0 Å². The summed E-state index contributed by atoms with van der Waals surface area (Å²) in [4.78, 5) is 24.2. The molecule has 0 radical (unpaired) electrons. The van der Waals surface area contributed by atoms with Crippen molar-refractivity contribution in [2.24, 2.45) is 5.92 Å². The van der Waals surface area contributed by atoms with Crippen LogP contribution in [0.5, 0.6) is 0 Å². The number of β-amino-alcohol motifs (C(OH)–C–C–N with tert-alkyl or cyclic N) is 1. The van der Waals surface area contributed by atoms with E-state index < -0.39 is 18.1 Å². The van der Waals surface area contributed by atoms with Crippen molar-refractivity contribution >= 4 is 12.0 Å². The Balaban J connectivity index is 1.92. The first kappa shape index (κ1) is 13.1. The molecule has 2 rings (SSSR count). The Morgan fingerprint density at radius 2 is 2.06 bits per heavy atom. The van der Waals surface area contributed by atoms with Crippen molar-refractivity contribution in [2.45, 2.75) is 50.8 Å². The van der Waals surface area contributed by atoms with Crippen molar-refractivity contribution in [3.8, 4) is 0 Å². The number of nitrogens with one attached hydrogen (secondary N) is 1. The second kappa shape index (κ2) is 5.14. The van der Waals surface area contributed by atoms with E-state index in [0.717, 1.165) is 12.8 Å². The molecular weight excluding hydrogens is 236 g/mol. The first-order valence-corrected chi connectivity index (χ1v) is 6.47. The van der Waals surface area contributed by atoms with Gasteiger partial charge in [0.15, 0.2) is 0 Å². The van der Waals surface area contributed by atoms with Crippen molar-refractivity contribution in [3.05, 3.63) is 0 Å². The molecule has 1 saturated heterocycles. The number of aliphatic carboxylic acids is 1. The summed E-state index contributed by atoms with van der Waals surface area (Å²) in [6.07, 6.45) is 2.81. The van der Waals surface area contributed by atoms with E-state index in [1.807, 2.05) is 6.92 Å². The molecule has 0 bridgehead atoms.